The van der Waals surface area contributed by atoms with Crippen molar-refractivity contribution in [2.24, 2.45) is 0 Å². The minimum atomic E-state index is -4.41. The molecule has 1 amide bonds. The summed E-state index contributed by atoms with van der Waals surface area (Å²) in [4.78, 5) is 14.9. The number of piperidine rings is 1. The summed E-state index contributed by atoms with van der Waals surface area (Å²) < 4.78 is 67.2. The van der Waals surface area contributed by atoms with Crippen LogP contribution in [0.3, 0.4) is 0 Å². The molecule has 2 aliphatic heterocycles. The van der Waals surface area contributed by atoms with E-state index in [0.29, 0.717) is 44.6 Å². The zero-order valence-corrected chi connectivity index (χ0v) is 19.4. The molecule has 0 spiro atoms. The number of alkyl halides is 3. The molecule has 2 aliphatic rings. The molecule has 180 valence electrons. The number of hydrogen-bond donors (Lipinski definition) is 0. The van der Waals surface area contributed by atoms with E-state index in [0.717, 1.165) is 23.6 Å². The van der Waals surface area contributed by atoms with E-state index in [1.807, 2.05) is 6.92 Å². The molecule has 7 nitrogen and oxygen atoms in total. The third-order valence-electron chi connectivity index (χ3n) is 6.56. The lowest BCUT2D eigenvalue weighted by Crippen LogP contribution is -2.39. The van der Waals surface area contributed by atoms with Crippen molar-refractivity contribution in [3.05, 3.63) is 52.3 Å². The largest absolute Gasteiger partial charge is 0.416 e. The first-order valence-electron chi connectivity index (χ1n) is 11.0. The van der Waals surface area contributed by atoms with Gasteiger partial charge in [-0.25, -0.2) is 8.42 Å². The standard InChI is InChI=1S/C22H27F3N4O3S/c1-3-29-19-14-28(33(2,31)32)13-10-17(19)20(26-29)21(30)27-11-8-15(9-12-27)16-6-4-5-7-18(16)22(23,24)25/h4-7,15H,3,8-14H2,1-2H3. The molecule has 2 aromatic rings. The van der Waals surface area contributed by atoms with Crippen molar-refractivity contribution in [2.45, 2.75) is 51.4 Å². The van der Waals surface area contributed by atoms with Crippen LogP contribution in [0.5, 0.6) is 0 Å². The number of nitrogens with zero attached hydrogens (tertiary/aromatic N) is 4. The molecule has 1 aromatic carbocycles. The number of aromatic nitrogens is 2. The molecule has 1 aromatic heterocycles. The Hall–Kier alpha value is -2.40. The Morgan fingerprint density at radius 3 is 2.42 bits per heavy atom. The summed E-state index contributed by atoms with van der Waals surface area (Å²) in [6.07, 6.45) is -1.96. The van der Waals surface area contributed by atoms with Crippen LogP contribution >= 0.6 is 0 Å². The minimum absolute atomic E-state index is 0.179. The van der Waals surface area contributed by atoms with Gasteiger partial charge in [-0.15, -0.1) is 0 Å². The van der Waals surface area contributed by atoms with E-state index in [4.69, 9.17) is 0 Å². The van der Waals surface area contributed by atoms with Crippen LogP contribution in [0.25, 0.3) is 0 Å². The lowest BCUT2D eigenvalue weighted by atomic mass is 9.86. The fourth-order valence-electron chi connectivity index (χ4n) is 4.83. The number of rotatable bonds is 4. The number of amides is 1. The number of carbonyl (C=O) groups is 1. The maximum absolute atomic E-state index is 13.4. The Kier molecular flexibility index (Phi) is 6.30. The highest BCUT2D eigenvalue weighted by molar-refractivity contribution is 7.88. The first-order valence-corrected chi connectivity index (χ1v) is 12.8. The fourth-order valence-corrected chi connectivity index (χ4v) is 5.61. The number of hydrogen-bond acceptors (Lipinski definition) is 4. The highest BCUT2D eigenvalue weighted by Gasteiger charge is 2.37. The lowest BCUT2D eigenvalue weighted by Gasteiger charge is -2.33. The zero-order valence-electron chi connectivity index (χ0n) is 18.6. The van der Waals surface area contributed by atoms with Gasteiger partial charge in [-0.2, -0.15) is 22.6 Å². The number of sulfonamides is 1. The first-order chi connectivity index (χ1) is 15.5. The van der Waals surface area contributed by atoms with Crippen molar-refractivity contribution in [1.82, 2.24) is 19.0 Å². The smallest absolute Gasteiger partial charge is 0.337 e. The molecule has 4 rings (SSSR count). The summed E-state index contributed by atoms with van der Waals surface area (Å²) in [5.74, 6) is -0.508. The number of halogens is 3. The van der Waals surface area contributed by atoms with Crippen molar-refractivity contribution in [1.29, 1.82) is 0 Å². The number of benzene rings is 1. The minimum Gasteiger partial charge on any atom is -0.337 e. The molecule has 0 aliphatic carbocycles. The van der Waals surface area contributed by atoms with Crippen LogP contribution in [-0.2, 0) is 35.7 Å². The molecule has 11 heteroatoms. The van der Waals surface area contributed by atoms with Gasteiger partial charge in [0.05, 0.1) is 24.1 Å². The Balaban J connectivity index is 1.51. The molecular weight excluding hydrogens is 457 g/mol. The van der Waals surface area contributed by atoms with Gasteiger partial charge in [0, 0.05) is 31.7 Å². The highest BCUT2D eigenvalue weighted by atomic mass is 32.2. The van der Waals surface area contributed by atoms with Crippen LogP contribution in [0, 0.1) is 0 Å². The van der Waals surface area contributed by atoms with Crippen molar-refractivity contribution >= 4 is 15.9 Å². The molecule has 0 unspecified atom stereocenters. The van der Waals surface area contributed by atoms with Crippen LogP contribution < -0.4 is 0 Å². The summed E-state index contributed by atoms with van der Waals surface area (Å²) in [5.41, 5.74) is 1.50. The first kappa shape index (κ1) is 23.7. The number of carbonyl (C=O) groups excluding carboxylic acids is 1. The molecule has 3 heterocycles. The molecule has 1 saturated heterocycles. The summed E-state index contributed by atoms with van der Waals surface area (Å²) in [6.45, 7) is 3.54. The number of aryl methyl sites for hydroxylation is 1. The molecular formula is C22H27F3N4O3S. The summed E-state index contributed by atoms with van der Waals surface area (Å²) in [7, 11) is -3.35. The van der Waals surface area contributed by atoms with Crippen LogP contribution in [0.1, 0.15) is 58.6 Å². The second-order valence-electron chi connectivity index (χ2n) is 8.59. The van der Waals surface area contributed by atoms with Gasteiger partial charge >= 0.3 is 6.18 Å². The third-order valence-corrected chi connectivity index (χ3v) is 7.81. The number of fused-ring (bicyclic) bond motifs is 1. The van der Waals surface area contributed by atoms with E-state index in [1.54, 1.807) is 15.6 Å². The predicted molar refractivity (Wildman–Crippen MR) is 116 cm³/mol. The van der Waals surface area contributed by atoms with Gasteiger partial charge in [-0.05, 0) is 43.7 Å². The average molecular weight is 485 g/mol. The van der Waals surface area contributed by atoms with Crippen LogP contribution in [0.4, 0.5) is 13.2 Å². The Morgan fingerprint density at radius 2 is 1.82 bits per heavy atom. The highest BCUT2D eigenvalue weighted by Crippen LogP contribution is 2.39. The van der Waals surface area contributed by atoms with Gasteiger partial charge in [0.25, 0.3) is 5.91 Å². The maximum Gasteiger partial charge on any atom is 0.416 e. The monoisotopic (exact) mass is 484 g/mol. The average Bonchev–Trinajstić information content (AvgIpc) is 3.15. The van der Waals surface area contributed by atoms with E-state index in [9.17, 15) is 26.4 Å². The topological polar surface area (TPSA) is 75.5 Å². The van der Waals surface area contributed by atoms with Gasteiger partial charge in [0.2, 0.25) is 10.0 Å². The van der Waals surface area contributed by atoms with Crippen LogP contribution in [0.15, 0.2) is 24.3 Å². The second-order valence-corrected chi connectivity index (χ2v) is 10.6. The van der Waals surface area contributed by atoms with Crippen LogP contribution in [0.2, 0.25) is 0 Å². The maximum atomic E-state index is 13.4. The van der Waals surface area contributed by atoms with Crippen molar-refractivity contribution in [3.63, 3.8) is 0 Å². The molecule has 0 atom stereocenters. The SMILES string of the molecule is CCn1nc(C(=O)N2CCC(c3ccccc3C(F)(F)F)CC2)c2c1CN(S(C)(=O)=O)CC2. The van der Waals surface area contributed by atoms with Gasteiger partial charge in [0.1, 0.15) is 0 Å². The normalized spacial score (nSPS) is 18.4. The van der Waals surface area contributed by atoms with E-state index in [2.05, 4.69) is 5.10 Å². The van der Waals surface area contributed by atoms with Gasteiger partial charge < -0.3 is 4.90 Å². The second kappa shape index (κ2) is 8.75. The molecule has 0 radical (unpaired) electrons. The van der Waals surface area contributed by atoms with Gasteiger partial charge in [0.15, 0.2) is 5.69 Å². The van der Waals surface area contributed by atoms with E-state index >= 15 is 0 Å². The van der Waals surface area contributed by atoms with Crippen LogP contribution in [-0.4, -0.2) is 59.2 Å². The zero-order chi connectivity index (χ0) is 24.0. The Labute approximate surface area is 191 Å². The molecule has 1 fully saturated rings. The molecule has 0 N–H and O–H groups in total. The van der Waals surface area contributed by atoms with E-state index in [-0.39, 0.29) is 30.5 Å². The van der Waals surface area contributed by atoms with E-state index < -0.39 is 21.8 Å². The molecule has 33 heavy (non-hydrogen) atoms. The summed E-state index contributed by atoms with van der Waals surface area (Å²) in [6, 6.07) is 5.64. The van der Waals surface area contributed by atoms with E-state index in [1.165, 1.54) is 16.4 Å². The summed E-state index contributed by atoms with van der Waals surface area (Å²) >= 11 is 0. The van der Waals surface area contributed by atoms with Gasteiger partial charge in [-0.3, -0.25) is 9.48 Å². The van der Waals surface area contributed by atoms with Crippen molar-refractivity contribution in [3.8, 4) is 0 Å². The summed E-state index contributed by atoms with van der Waals surface area (Å²) in [5, 5.41) is 4.48. The quantitative estimate of drug-likeness (QED) is 0.668. The van der Waals surface area contributed by atoms with Crippen molar-refractivity contribution in [2.75, 3.05) is 25.9 Å². The Morgan fingerprint density at radius 1 is 1.15 bits per heavy atom. The lowest BCUT2D eigenvalue weighted by molar-refractivity contribution is -0.138. The van der Waals surface area contributed by atoms with Gasteiger partial charge in [-0.1, -0.05) is 18.2 Å². The fraction of sp³-hybridized carbons (Fsp3) is 0.545. The Bertz CT molecular complexity index is 1150. The third kappa shape index (κ3) is 4.65. The van der Waals surface area contributed by atoms with Crippen molar-refractivity contribution < 1.29 is 26.4 Å². The molecule has 0 saturated carbocycles. The molecule has 0 bridgehead atoms. The predicted octanol–water partition coefficient (Wildman–Crippen LogP) is 3.26. The number of likely N-dealkylation sites (tertiary alicyclic amines) is 1.